The first kappa shape index (κ1) is 19.6. The largest absolute Gasteiger partial charge is 0.300 e. The molecule has 0 saturated carbocycles. The standard InChI is InChI=1S/C22H20ClNO2S2/c1-13-4-3-5-14(2)20(13)24-17(15-6-8-16(23)9-7-15)12-18(25)19(21(24)26)22-27-10-11-28-22/h3-9,17H,10-12H2,1-2H3. The highest BCUT2D eigenvalue weighted by molar-refractivity contribution is 8.25. The molecule has 28 heavy (non-hydrogen) atoms. The van der Waals surface area contributed by atoms with Crippen LogP contribution in [0.3, 0.4) is 0 Å². The Bertz CT molecular complexity index is 956. The summed E-state index contributed by atoms with van der Waals surface area (Å²) in [5, 5.41) is 0.636. The van der Waals surface area contributed by atoms with Crippen LogP contribution in [0, 0.1) is 13.8 Å². The van der Waals surface area contributed by atoms with Gasteiger partial charge in [0.25, 0.3) is 5.91 Å². The van der Waals surface area contributed by atoms with E-state index >= 15 is 0 Å². The van der Waals surface area contributed by atoms with Crippen molar-refractivity contribution in [3.63, 3.8) is 0 Å². The van der Waals surface area contributed by atoms with E-state index < -0.39 is 0 Å². The van der Waals surface area contributed by atoms with Gasteiger partial charge < -0.3 is 0 Å². The molecule has 2 aliphatic rings. The molecule has 3 nitrogen and oxygen atoms in total. The molecular weight excluding hydrogens is 410 g/mol. The Morgan fingerprint density at radius 2 is 1.57 bits per heavy atom. The highest BCUT2D eigenvalue weighted by atomic mass is 35.5. The average molecular weight is 430 g/mol. The SMILES string of the molecule is Cc1cccc(C)c1N1C(=O)C(=C2SCCS2)C(=O)CC1c1ccc(Cl)cc1. The number of amides is 1. The van der Waals surface area contributed by atoms with Crippen molar-refractivity contribution in [1.29, 1.82) is 0 Å². The summed E-state index contributed by atoms with van der Waals surface area (Å²) in [5.74, 6) is 1.62. The molecule has 0 radical (unpaired) electrons. The number of anilines is 1. The lowest BCUT2D eigenvalue weighted by Gasteiger charge is -2.38. The van der Waals surface area contributed by atoms with Crippen LogP contribution in [0.2, 0.25) is 5.02 Å². The maximum Gasteiger partial charge on any atom is 0.264 e. The minimum Gasteiger partial charge on any atom is -0.300 e. The Kier molecular flexibility index (Phi) is 5.59. The third-order valence-electron chi connectivity index (χ3n) is 5.09. The summed E-state index contributed by atoms with van der Waals surface area (Å²) in [6.45, 7) is 4.02. The number of Topliss-reactive ketones (excluding diaryl/α,β-unsaturated/α-hetero) is 1. The molecule has 2 fully saturated rings. The van der Waals surface area contributed by atoms with Crippen LogP contribution in [-0.2, 0) is 9.59 Å². The van der Waals surface area contributed by atoms with Gasteiger partial charge >= 0.3 is 0 Å². The van der Waals surface area contributed by atoms with Crippen molar-refractivity contribution in [2.75, 3.05) is 16.4 Å². The summed E-state index contributed by atoms with van der Waals surface area (Å²) in [4.78, 5) is 28.5. The number of ketones is 1. The van der Waals surface area contributed by atoms with E-state index in [1.807, 2.05) is 61.2 Å². The number of para-hydroxylation sites is 1. The molecule has 144 valence electrons. The van der Waals surface area contributed by atoms with Gasteiger partial charge in [-0.25, -0.2) is 0 Å². The molecule has 0 aromatic heterocycles. The fraction of sp³-hybridized carbons (Fsp3) is 0.273. The van der Waals surface area contributed by atoms with Gasteiger partial charge in [0, 0.05) is 22.9 Å². The second kappa shape index (κ2) is 7.97. The van der Waals surface area contributed by atoms with Crippen molar-refractivity contribution in [1.82, 2.24) is 0 Å². The van der Waals surface area contributed by atoms with Gasteiger partial charge in [0.15, 0.2) is 5.78 Å². The van der Waals surface area contributed by atoms with Gasteiger partial charge in [-0.1, -0.05) is 41.9 Å². The van der Waals surface area contributed by atoms with E-state index in [-0.39, 0.29) is 24.2 Å². The van der Waals surface area contributed by atoms with Crippen LogP contribution in [0.4, 0.5) is 5.69 Å². The normalized spacial score (nSPS) is 20.2. The van der Waals surface area contributed by atoms with Crippen molar-refractivity contribution in [2.24, 2.45) is 0 Å². The van der Waals surface area contributed by atoms with Crippen molar-refractivity contribution >= 4 is 52.5 Å². The first-order valence-corrected chi connectivity index (χ1v) is 11.5. The van der Waals surface area contributed by atoms with E-state index in [0.29, 0.717) is 10.6 Å². The maximum atomic E-state index is 13.7. The number of carbonyl (C=O) groups is 2. The predicted molar refractivity (Wildman–Crippen MR) is 119 cm³/mol. The number of thioether (sulfide) groups is 2. The minimum absolute atomic E-state index is 0.0654. The van der Waals surface area contributed by atoms with Gasteiger partial charge in [-0.15, -0.1) is 23.5 Å². The number of nitrogens with zero attached hydrogens (tertiary/aromatic N) is 1. The Labute approximate surface area is 178 Å². The minimum atomic E-state index is -0.335. The quantitative estimate of drug-likeness (QED) is 0.453. The lowest BCUT2D eigenvalue weighted by molar-refractivity contribution is -0.124. The molecule has 1 atom stereocenters. The molecule has 2 aromatic carbocycles. The summed E-state index contributed by atoms with van der Waals surface area (Å²) in [6.07, 6.45) is 0.279. The molecule has 0 N–H and O–H groups in total. The van der Waals surface area contributed by atoms with E-state index in [0.717, 1.165) is 38.1 Å². The second-order valence-corrected chi connectivity index (χ2v) is 9.87. The second-order valence-electron chi connectivity index (χ2n) is 6.97. The molecule has 6 heteroatoms. The molecule has 0 spiro atoms. The fourth-order valence-electron chi connectivity index (χ4n) is 3.80. The molecule has 0 aliphatic carbocycles. The highest BCUT2D eigenvalue weighted by Gasteiger charge is 2.41. The van der Waals surface area contributed by atoms with Crippen molar-refractivity contribution in [3.05, 3.63) is 74.0 Å². The van der Waals surface area contributed by atoms with Gasteiger partial charge in [-0.05, 0) is 42.7 Å². The highest BCUT2D eigenvalue weighted by Crippen LogP contribution is 2.45. The number of benzene rings is 2. The number of hydrogen-bond donors (Lipinski definition) is 0. The van der Waals surface area contributed by atoms with Gasteiger partial charge in [-0.2, -0.15) is 0 Å². The molecule has 2 aliphatic heterocycles. The topological polar surface area (TPSA) is 37.4 Å². The van der Waals surface area contributed by atoms with Gasteiger partial charge in [0.05, 0.1) is 16.0 Å². The Balaban J connectivity index is 1.88. The Hall–Kier alpha value is -1.69. The van der Waals surface area contributed by atoms with Crippen LogP contribution in [0.15, 0.2) is 52.3 Å². The van der Waals surface area contributed by atoms with Crippen LogP contribution in [0.5, 0.6) is 0 Å². The molecule has 2 heterocycles. The van der Waals surface area contributed by atoms with Crippen LogP contribution in [0.1, 0.15) is 29.2 Å². The number of piperidine rings is 1. The summed E-state index contributed by atoms with van der Waals surface area (Å²) >= 11 is 9.30. The van der Waals surface area contributed by atoms with Crippen LogP contribution >= 0.6 is 35.1 Å². The van der Waals surface area contributed by atoms with Crippen molar-refractivity contribution in [3.8, 4) is 0 Å². The molecule has 0 bridgehead atoms. The number of carbonyl (C=O) groups excluding carboxylic acids is 2. The van der Waals surface area contributed by atoms with E-state index in [1.165, 1.54) is 0 Å². The maximum absolute atomic E-state index is 13.7. The molecular formula is C22H20ClNO2S2. The molecule has 4 rings (SSSR count). The smallest absolute Gasteiger partial charge is 0.264 e. The lowest BCUT2D eigenvalue weighted by Crippen LogP contribution is -2.44. The van der Waals surface area contributed by atoms with Crippen molar-refractivity contribution in [2.45, 2.75) is 26.3 Å². The van der Waals surface area contributed by atoms with Gasteiger partial charge in [-0.3, -0.25) is 14.5 Å². The molecule has 1 amide bonds. The fourth-order valence-corrected chi connectivity index (χ4v) is 6.49. The van der Waals surface area contributed by atoms with E-state index in [2.05, 4.69) is 0 Å². The van der Waals surface area contributed by atoms with E-state index in [1.54, 1.807) is 23.5 Å². The average Bonchev–Trinajstić information content (AvgIpc) is 3.18. The third-order valence-corrected chi connectivity index (χ3v) is 8.06. The Morgan fingerprint density at radius 3 is 2.18 bits per heavy atom. The first-order chi connectivity index (χ1) is 13.5. The van der Waals surface area contributed by atoms with Gasteiger partial charge in [0.2, 0.25) is 0 Å². The zero-order valence-corrected chi connectivity index (χ0v) is 18.1. The number of rotatable bonds is 2. The van der Waals surface area contributed by atoms with E-state index in [4.69, 9.17) is 11.6 Å². The predicted octanol–water partition coefficient (Wildman–Crippen LogP) is 5.70. The molecule has 1 unspecified atom stereocenters. The summed E-state index contributed by atoms with van der Waals surface area (Å²) in [5.41, 5.74) is 4.23. The van der Waals surface area contributed by atoms with Crippen molar-refractivity contribution < 1.29 is 9.59 Å². The van der Waals surface area contributed by atoms with E-state index in [9.17, 15) is 9.59 Å². The third kappa shape index (κ3) is 3.51. The molecule has 2 saturated heterocycles. The first-order valence-electron chi connectivity index (χ1n) is 9.15. The van der Waals surface area contributed by atoms with Crippen LogP contribution in [-0.4, -0.2) is 23.2 Å². The summed E-state index contributed by atoms with van der Waals surface area (Å²) in [6, 6.07) is 13.1. The number of aryl methyl sites for hydroxylation is 2. The van der Waals surface area contributed by atoms with Crippen LogP contribution < -0.4 is 4.90 Å². The summed E-state index contributed by atoms with van der Waals surface area (Å²) in [7, 11) is 0. The number of hydrogen-bond acceptors (Lipinski definition) is 4. The Morgan fingerprint density at radius 1 is 0.964 bits per heavy atom. The monoisotopic (exact) mass is 429 g/mol. The zero-order valence-electron chi connectivity index (χ0n) is 15.7. The zero-order chi connectivity index (χ0) is 19.8. The van der Waals surface area contributed by atoms with Gasteiger partial charge in [0.1, 0.15) is 5.57 Å². The summed E-state index contributed by atoms with van der Waals surface area (Å²) < 4.78 is 0.876. The molecule has 2 aromatic rings. The number of halogens is 1. The lowest BCUT2D eigenvalue weighted by atomic mass is 9.89. The van der Waals surface area contributed by atoms with Crippen LogP contribution in [0.25, 0.3) is 0 Å².